The van der Waals surface area contributed by atoms with Crippen molar-refractivity contribution in [2.24, 2.45) is 11.7 Å². The first-order valence-electron chi connectivity index (χ1n) is 7.04. The molecule has 2 N–H and O–H groups in total. The van der Waals surface area contributed by atoms with Crippen LogP contribution in [0.25, 0.3) is 0 Å². The minimum absolute atomic E-state index is 0.155. The topological polar surface area (TPSA) is 55.6 Å². The molecular weight excluding hydrogens is 228 g/mol. The van der Waals surface area contributed by atoms with E-state index >= 15 is 0 Å². The summed E-state index contributed by atoms with van der Waals surface area (Å²) in [6.45, 7) is 2.61. The van der Waals surface area contributed by atoms with Gasteiger partial charge in [0.2, 0.25) is 5.91 Å². The SMILES string of the molecule is COCC(C)N(C)C(=O)CCC1CCC(N)CC1. The Hall–Kier alpha value is -0.610. The number of nitrogens with zero attached hydrogens (tertiary/aromatic N) is 1. The second-order valence-corrected chi connectivity index (χ2v) is 5.63. The monoisotopic (exact) mass is 256 g/mol. The van der Waals surface area contributed by atoms with Gasteiger partial charge >= 0.3 is 0 Å². The van der Waals surface area contributed by atoms with Crippen molar-refractivity contribution in [3.63, 3.8) is 0 Å². The first-order valence-corrected chi connectivity index (χ1v) is 7.04. The number of likely N-dealkylation sites (N-methyl/N-ethyl adjacent to an activating group) is 1. The Morgan fingerprint density at radius 2 is 2.00 bits per heavy atom. The minimum atomic E-state index is 0.155. The summed E-state index contributed by atoms with van der Waals surface area (Å²) >= 11 is 0. The highest BCUT2D eigenvalue weighted by atomic mass is 16.5. The van der Waals surface area contributed by atoms with Crippen LogP contribution in [0.3, 0.4) is 0 Å². The number of methoxy groups -OCH3 is 1. The van der Waals surface area contributed by atoms with Gasteiger partial charge in [-0.2, -0.15) is 0 Å². The average Bonchev–Trinajstić information content (AvgIpc) is 2.37. The molecule has 0 aromatic carbocycles. The van der Waals surface area contributed by atoms with Crippen molar-refractivity contribution in [2.45, 2.75) is 57.5 Å². The van der Waals surface area contributed by atoms with Crippen LogP contribution in [-0.2, 0) is 9.53 Å². The zero-order valence-electron chi connectivity index (χ0n) is 12.0. The molecular formula is C14H28N2O2. The van der Waals surface area contributed by atoms with Gasteiger partial charge in [-0.3, -0.25) is 4.79 Å². The lowest BCUT2D eigenvalue weighted by Crippen LogP contribution is -2.38. The Bertz CT molecular complexity index is 250. The lowest BCUT2D eigenvalue weighted by atomic mass is 9.83. The Morgan fingerprint density at radius 3 is 2.56 bits per heavy atom. The number of hydrogen-bond acceptors (Lipinski definition) is 3. The van der Waals surface area contributed by atoms with Crippen molar-refractivity contribution >= 4 is 5.91 Å². The van der Waals surface area contributed by atoms with E-state index in [2.05, 4.69) is 0 Å². The van der Waals surface area contributed by atoms with Gasteiger partial charge < -0.3 is 15.4 Å². The number of carbonyl (C=O) groups is 1. The average molecular weight is 256 g/mol. The fraction of sp³-hybridized carbons (Fsp3) is 0.929. The molecule has 0 radical (unpaired) electrons. The molecule has 0 aromatic heterocycles. The summed E-state index contributed by atoms with van der Waals surface area (Å²) < 4.78 is 5.07. The number of carbonyl (C=O) groups excluding carboxylic acids is 1. The van der Waals surface area contributed by atoms with Crippen molar-refractivity contribution in [1.82, 2.24) is 4.90 Å². The molecule has 1 fully saturated rings. The second-order valence-electron chi connectivity index (χ2n) is 5.63. The normalized spacial score (nSPS) is 25.8. The van der Waals surface area contributed by atoms with Gasteiger partial charge in [-0.1, -0.05) is 0 Å². The van der Waals surface area contributed by atoms with Gasteiger partial charge in [0.05, 0.1) is 12.6 Å². The van der Waals surface area contributed by atoms with E-state index in [-0.39, 0.29) is 11.9 Å². The maximum atomic E-state index is 12.0. The van der Waals surface area contributed by atoms with Crippen LogP contribution >= 0.6 is 0 Å². The van der Waals surface area contributed by atoms with Crippen LogP contribution in [0.2, 0.25) is 0 Å². The molecule has 0 aromatic rings. The highest BCUT2D eigenvalue weighted by Gasteiger charge is 2.21. The maximum Gasteiger partial charge on any atom is 0.222 e. The van der Waals surface area contributed by atoms with Gasteiger partial charge in [0.15, 0.2) is 0 Å². The van der Waals surface area contributed by atoms with Crippen LogP contribution in [0.1, 0.15) is 45.4 Å². The highest BCUT2D eigenvalue weighted by Crippen LogP contribution is 2.27. The molecule has 1 atom stereocenters. The molecule has 1 rings (SSSR count). The predicted molar refractivity (Wildman–Crippen MR) is 73.3 cm³/mol. The third-order valence-electron chi connectivity index (χ3n) is 4.12. The van der Waals surface area contributed by atoms with E-state index in [0.29, 0.717) is 25.0 Å². The van der Waals surface area contributed by atoms with Crippen molar-refractivity contribution < 1.29 is 9.53 Å². The highest BCUT2D eigenvalue weighted by molar-refractivity contribution is 5.76. The summed E-state index contributed by atoms with van der Waals surface area (Å²) in [5, 5.41) is 0. The zero-order chi connectivity index (χ0) is 13.5. The molecule has 1 amide bonds. The van der Waals surface area contributed by atoms with Crippen LogP contribution in [0.4, 0.5) is 0 Å². The molecule has 0 spiro atoms. The lowest BCUT2D eigenvalue weighted by Gasteiger charge is -2.28. The third kappa shape index (κ3) is 4.94. The molecule has 1 aliphatic rings. The first kappa shape index (κ1) is 15.4. The Balaban J connectivity index is 2.23. The standard InChI is InChI=1S/C14H28N2O2/c1-11(10-18-3)16(2)14(17)9-6-12-4-7-13(15)8-5-12/h11-13H,4-10,15H2,1-3H3. The van der Waals surface area contributed by atoms with Crippen LogP contribution in [0, 0.1) is 5.92 Å². The molecule has 4 nitrogen and oxygen atoms in total. The van der Waals surface area contributed by atoms with Crippen molar-refractivity contribution in [3.05, 3.63) is 0 Å². The van der Waals surface area contributed by atoms with Gasteiger partial charge in [-0.15, -0.1) is 0 Å². The molecule has 4 heteroatoms. The number of nitrogens with two attached hydrogens (primary N) is 1. The number of ether oxygens (including phenoxy) is 1. The first-order chi connectivity index (χ1) is 8.54. The minimum Gasteiger partial charge on any atom is -0.383 e. The molecule has 18 heavy (non-hydrogen) atoms. The van der Waals surface area contributed by atoms with Gasteiger partial charge in [0.1, 0.15) is 0 Å². The van der Waals surface area contributed by atoms with Gasteiger partial charge in [0, 0.05) is 26.6 Å². The van der Waals surface area contributed by atoms with E-state index in [1.807, 2.05) is 14.0 Å². The molecule has 1 unspecified atom stereocenters. The van der Waals surface area contributed by atoms with E-state index in [1.165, 1.54) is 12.8 Å². The van der Waals surface area contributed by atoms with Gasteiger partial charge in [-0.05, 0) is 44.9 Å². The summed E-state index contributed by atoms with van der Waals surface area (Å²) in [6, 6.07) is 0.545. The largest absolute Gasteiger partial charge is 0.383 e. The molecule has 0 heterocycles. The van der Waals surface area contributed by atoms with E-state index in [4.69, 9.17) is 10.5 Å². The second kappa shape index (κ2) is 7.74. The van der Waals surface area contributed by atoms with Crippen molar-refractivity contribution in [2.75, 3.05) is 20.8 Å². The van der Waals surface area contributed by atoms with Crippen molar-refractivity contribution in [1.29, 1.82) is 0 Å². The Labute approximate surface area is 111 Å². The number of rotatable bonds is 6. The predicted octanol–water partition coefficient (Wildman–Crippen LogP) is 1.78. The Morgan fingerprint density at radius 1 is 1.39 bits per heavy atom. The van der Waals surface area contributed by atoms with Crippen LogP contribution < -0.4 is 5.73 Å². The molecule has 0 aliphatic heterocycles. The molecule has 1 aliphatic carbocycles. The summed E-state index contributed by atoms with van der Waals surface area (Å²) in [5.41, 5.74) is 5.89. The van der Waals surface area contributed by atoms with E-state index in [0.717, 1.165) is 19.3 Å². The van der Waals surface area contributed by atoms with Crippen LogP contribution in [0.15, 0.2) is 0 Å². The summed E-state index contributed by atoms with van der Waals surface area (Å²) in [5.74, 6) is 0.925. The molecule has 1 saturated carbocycles. The molecule has 0 bridgehead atoms. The maximum absolute atomic E-state index is 12.0. The summed E-state index contributed by atoms with van der Waals surface area (Å²) in [4.78, 5) is 13.8. The fourth-order valence-electron chi connectivity index (χ4n) is 2.58. The zero-order valence-corrected chi connectivity index (χ0v) is 12.0. The molecule has 0 saturated heterocycles. The molecule has 106 valence electrons. The summed E-state index contributed by atoms with van der Waals surface area (Å²) in [6.07, 6.45) is 6.28. The smallest absolute Gasteiger partial charge is 0.222 e. The number of hydrogen-bond donors (Lipinski definition) is 1. The van der Waals surface area contributed by atoms with Gasteiger partial charge in [0.25, 0.3) is 0 Å². The van der Waals surface area contributed by atoms with Crippen LogP contribution in [-0.4, -0.2) is 43.7 Å². The number of amides is 1. The van der Waals surface area contributed by atoms with Gasteiger partial charge in [-0.25, -0.2) is 0 Å². The summed E-state index contributed by atoms with van der Waals surface area (Å²) in [7, 11) is 3.53. The fourth-order valence-corrected chi connectivity index (χ4v) is 2.58. The van der Waals surface area contributed by atoms with Crippen molar-refractivity contribution in [3.8, 4) is 0 Å². The quantitative estimate of drug-likeness (QED) is 0.788. The van der Waals surface area contributed by atoms with E-state index in [1.54, 1.807) is 12.0 Å². The third-order valence-corrected chi connectivity index (χ3v) is 4.12. The van der Waals surface area contributed by atoms with E-state index in [9.17, 15) is 4.79 Å². The van der Waals surface area contributed by atoms with Crippen LogP contribution in [0.5, 0.6) is 0 Å². The lowest BCUT2D eigenvalue weighted by molar-refractivity contribution is -0.133. The van der Waals surface area contributed by atoms with E-state index < -0.39 is 0 Å². The Kier molecular flexibility index (Phi) is 6.65.